The Morgan fingerprint density at radius 3 is 2.44 bits per heavy atom. The minimum Gasteiger partial charge on any atom is -0.355 e. The Morgan fingerprint density at radius 1 is 1.28 bits per heavy atom. The average Bonchev–Trinajstić information content (AvgIpc) is 2.36. The molecule has 0 aliphatic rings. The normalized spacial score (nSPS) is 14.0. The summed E-state index contributed by atoms with van der Waals surface area (Å²) in [5.74, 6) is 0.0395. The number of amides is 1. The number of rotatable bonds is 6. The van der Waals surface area contributed by atoms with Crippen molar-refractivity contribution in [2.45, 2.75) is 39.3 Å². The molecule has 100 valence electrons. The minimum atomic E-state index is -0.206. The van der Waals surface area contributed by atoms with Gasteiger partial charge in [-0.15, -0.1) is 0 Å². The summed E-state index contributed by atoms with van der Waals surface area (Å²) >= 11 is 5.85. The van der Waals surface area contributed by atoms with Crippen LogP contribution in [-0.4, -0.2) is 18.5 Å². The van der Waals surface area contributed by atoms with Crippen LogP contribution in [0.5, 0.6) is 0 Å². The van der Waals surface area contributed by atoms with Crippen molar-refractivity contribution in [2.75, 3.05) is 6.54 Å². The Hall–Kier alpha value is -1.06. The lowest BCUT2D eigenvalue weighted by Crippen LogP contribution is -2.43. The topological polar surface area (TPSA) is 41.1 Å². The van der Waals surface area contributed by atoms with Gasteiger partial charge in [0.15, 0.2) is 0 Å². The second kappa shape index (κ2) is 7.39. The zero-order chi connectivity index (χ0) is 13.5. The van der Waals surface area contributed by atoms with Crippen molar-refractivity contribution in [1.82, 2.24) is 10.6 Å². The highest BCUT2D eigenvalue weighted by Crippen LogP contribution is 2.16. The molecule has 1 rings (SSSR count). The quantitative estimate of drug-likeness (QED) is 0.833. The van der Waals surface area contributed by atoms with Gasteiger partial charge in [-0.2, -0.15) is 0 Å². The third kappa shape index (κ3) is 4.67. The van der Waals surface area contributed by atoms with Crippen LogP contribution < -0.4 is 10.6 Å². The van der Waals surface area contributed by atoms with Gasteiger partial charge in [0, 0.05) is 17.6 Å². The van der Waals surface area contributed by atoms with E-state index in [9.17, 15) is 4.79 Å². The van der Waals surface area contributed by atoms with Gasteiger partial charge in [-0.25, -0.2) is 0 Å². The maximum absolute atomic E-state index is 11.7. The molecule has 0 radical (unpaired) electrons. The molecule has 0 fully saturated rings. The molecule has 3 nitrogen and oxygen atoms in total. The summed E-state index contributed by atoms with van der Waals surface area (Å²) in [5.41, 5.74) is 1.12. The van der Waals surface area contributed by atoms with E-state index >= 15 is 0 Å². The summed E-state index contributed by atoms with van der Waals surface area (Å²) in [5, 5.41) is 6.87. The van der Waals surface area contributed by atoms with Gasteiger partial charge in [-0.3, -0.25) is 10.1 Å². The zero-order valence-corrected chi connectivity index (χ0v) is 11.9. The number of nitrogens with one attached hydrogen (secondary N) is 2. The number of hydrogen-bond acceptors (Lipinski definition) is 2. The third-order valence-electron chi connectivity index (χ3n) is 2.81. The Balaban J connectivity index is 2.50. The first-order valence-corrected chi connectivity index (χ1v) is 6.71. The third-order valence-corrected chi connectivity index (χ3v) is 3.06. The van der Waals surface area contributed by atoms with E-state index in [0.29, 0.717) is 0 Å². The molecule has 0 heterocycles. The molecule has 1 amide bonds. The maximum Gasteiger partial charge on any atom is 0.236 e. The van der Waals surface area contributed by atoms with Gasteiger partial charge in [-0.05, 0) is 38.0 Å². The lowest BCUT2D eigenvalue weighted by atomic mass is 10.1. The molecule has 0 spiro atoms. The van der Waals surface area contributed by atoms with Crippen LogP contribution in [-0.2, 0) is 4.79 Å². The lowest BCUT2D eigenvalue weighted by molar-refractivity contribution is -0.122. The molecule has 18 heavy (non-hydrogen) atoms. The van der Waals surface area contributed by atoms with Crippen molar-refractivity contribution in [3.8, 4) is 0 Å². The molecule has 0 bridgehead atoms. The van der Waals surface area contributed by atoms with Gasteiger partial charge in [0.05, 0.1) is 6.04 Å². The molecule has 0 aromatic heterocycles. The van der Waals surface area contributed by atoms with E-state index in [-0.39, 0.29) is 18.0 Å². The summed E-state index contributed by atoms with van der Waals surface area (Å²) < 4.78 is 0. The fourth-order valence-corrected chi connectivity index (χ4v) is 1.83. The van der Waals surface area contributed by atoms with Crippen molar-refractivity contribution < 1.29 is 4.79 Å². The van der Waals surface area contributed by atoms with E-state index in [0.717, 1.165) is 23.6 Å². The van der Waals surface area contributed by atoms with Crippen LogP contribution in [0.25, 0.3) is 0 Å². The van der Waals surface area contributed by atoms with Crippen LogP contribution in [0.2, 0.25) is 5.02 Å². The standard InChI is InChI=1S/C14H21ClN2O/c1-4-9-16-14(18)11(3)17-10(2)12-5-7-13(15)8-6-12/h5-8,10-11,17H,4,9H2,1-3H3,(H,16,18)/t10-,11?/m0/s1. The van der Waals surface area contributed by atoms with Crippen LogP contribution in [0.15, 0.2) is 24.3 Å². The smallest absolute Gasteiger partial charge is 0.236 e. The Labute approximate surface area is 114 Å². The summed E-state index contributed by atoms with van der Waals surface area (Å²) in [6.45, 7) is 6.67. The van der Waals surface area contributed by atoms with E-state index in [2.05, 4.69) is 10.6 Å². The molecule has 1 aromatic carbocycles. The number of halogens is 1. The zero-order valence-electron chi connectivity index (χ0n) is 11.2. The molecule has 0 aliphatic carbocycles. The highest BCUT2D eigenvalue weighted by molar-refractivity contribution is 6.30. The Bertz CT molecular complexity index is 378. The summed E-state index contributed by atoms with van der Waals surface area (Å²) in [6.07, 6.45) is 0.950. The molecular formula is C14H21ClN2O. The van der Waals surface area contributed by atoms with Gasteiger partial charge in [0.25, 0.3) is 0 Å². The van der Waals surface area contributed by atoms with Crippen LogP contribution in [0.1, 0.15) is 38.8 Å². The average molecular weight is 269 g/mol. The van der Waals surface area contributed by atoms with Crippen LogP contribution in [0.4, 0.5) is 0 Å². The van der Waals surface area contributed by atoms with Gasteiger partial charge < -0.3 is 5.32 Å². The number of carbonyl (C=O) groups is 1. The van der Waals surface area contributed by atoms with Crippen LogP contribution in [0.3, 0.4) is 0 Å². The molecular weight excluding hydrogens is 248 g/mol. The van der Waals surface area contributed by atoms with Gasteiger partial charge in [0.1, 0.15) is 0 Å². The first kappa shape index (κ1) is 15.0. The van der Waals surface area contributed by atoms with E-state index in [4.69, 9.17) is 11.6 Å². The highest BCUT2D eigenvalue weighted by Gasteiger charge is 2.15. The van der Waals surface area contributed by atoms with E-state index in [1.165, 1.54) is 0 Å². The largest absolute Gasteiger partial charge is 0.355 e. The molecule has 4 heteroatoms. The lowest BCUT2D eigenvalue weighted by Gasteiger charge is -2.20. The molecule has 2 atom stereocenters. The van der Waals surface area contributed by atoms with E-state index in [1.807, 2.05) is 45.0 Å². The van der Waals surface area contributed by atoms with Gasteiger partial charge in [0.2, 0.25) is 5.91 Å². The Morgan fingerprint density at radius 2 is 1.89 bits per heavy atom. The number of carbonyl (C=O) groups excluding carboxylic acids is 1. The molecule has 2 N–H and O–H groups in total. The van der Waals surface area contributed by atoms with Crippen molar-refractivity contribution in [3.63, 3.8) is 0 Å². The molecule has 0 saturated carbocycles. The van der Waals surface area contributed by atoms with Crippen molar-refractivity contribution in [1.29, 1.82) is 0 Å². The van der Waals surface area contributed by atoms with Crippen molar-refractivity contribution in [2.24, 2.45) is 0 Å². The monoisotopic (exact) mass is 268 g/mol. The van der Waals surface area contributed by atoms with Crippen LogP contribution in [0, 0.1) is 0 Å². The maximum atomic E-state index is 11.7. The Kier molecular flexibility index (Phi) is 6.16. The minimum absolute atomic E-state index is 0.0395. The number of hydrogen-bond donors (Lipinski definition) is 2. The molecule has 1 aromatic rings. The van der Waals surface area contributed by atoms with E-state index < -0.39 is 0 Å². The predicted molar refractivity (Wildman–Crippen MR) is 75.8 cm³/mol. The highest BCUT2D eigenvalue weighted by atomic mass is 35.5. The fourth-order valence-electron chi connectivity index (χ4n) is 1.70. The van der Waals surface area contributed by atoms with E-state index in [1.54, 1.807) is 0 Å². The van der Waals surface area contributed by atoms with Crippen molar-refractivity contribution >= 4 is 17.5 Å². The first-order chi connectivity index (χ1) is 8.54. The van der Waals surface area contributed by atoms with Crippen molar-refractivity contribution in [3.05, 3.63) is 34.9 Å². The van der Waals surface area contributed by atoms with Crippen LogP contribution >= 0.6 is 11.6 Å². The molecule has 0 aliphatic heterocycles. The summed E-state index contributed by atoms with van der Waals surface area (Å²) in [6, 6.07) is 7.56. The SMILES string of the molecule is CCCNC(=O)C(C)N[C@@H](C)c1ccc(Cl)cc1. The second-order valence-electron chi connectivity index (χ2n) is 4.45. The first-order valence-electron chi connectivity index (χ1n) is 6.33. The van der Waals surface area contributed by atoms with Gasteiger partial charge in [-0.1, -0.05) is 30.7 Å². The predicted octanol–water partition coefficient (Wildman–Crippen LogP) is 2.91. The fraction of sp³-hybridized carbons (Fsp3) is 0.500. The summed E-state index contributed by atoms with van der Waals surface area (Å²) in [4.78, 5) is 11.7. The van der Waals surface area contributed by atoms with Gasteiger partial charge >= 0.3 is 0 Å². The number of benzene rings is 1. The molecule has 0 saturated heterocycles. The molecule has 1 unspecified atom stereocenters. The second-order valence-corrected chi connectivity index (χ2v) is 4.89. The summed E-state index contributed by atoms with van der Waals surface area (Å²) in [7, 11) is 0.